The summed E-state index contributed by atoms with van der Waals surface area (Å²) < 4.78 is 5.85. The smallest absolute Gasteiger partial charge is 0.121 e. The van der Waals surface area contributed by atoms with Crippen molar-refractivity contribution in [1.82, 2.24) is 5.32 Å². The van der Waals surface area contributed by atoms with Gasteiger partial charge in [-0.15, -0.1) is 0 Å². The van der Waals surface area contributed by atoms with Crippen LogP contribution in [-0.4, -0.2) is 6.54 Å². The second kappa shape index (κ2) is 6.74. The Morgan fingerprint density at radius 3 is 2.50 bits per heavy atom. The van der Waals surface area contributed by atoms with Crippen molar-refractivity contribution >= 4 is 0 Å². The van der Waals surface area contributed by atoms with Gasteiger partial charge in [0.1, 0.15) is 11.5 Å². The van der Waals surface area contributed by atoms with Crippen molar-refractivity contribution < 1.29 is 4.42 Å². The van der Waals surface area contributed by atoms with Gasteiger partial charge >= 0.3 is 0 Å². The number of hydrogen-bond donors (Lipinski definition) is 1. The van der Waals surface area contributed by atoms with Crippen LogP contribution in [0, 0.1) is 5.92 Å². The van der Waals surface area contributed by atoms with Gasteiger partial charge in [0, 0.05) is 6.42 Å². The van der Waals surface area contributed by atoms with Crippen molar-refractivity contribution in [3.8, 4) is 0 Å². The molecule has 1 aromatic heterocycles. The number of nitrogens with one attached hydrogen (secondary N) is 1. The fraction of sp³-hybridized carbons (Fsp3) is 0.714. The lowest BCUT2D eigenvalue weighted by molar-refractivity contribution is 0.308. The largest absolute Gasteiger partial charge is 0.464 e. The summed E-state index contributed by atoms with van der Waals surface area (Å²) in [6.45, 7) is 9.79. The molecule has 0 amide bonds. The first-order valence-corrected chi connectivity index (χ1v) is 6.54. The Bertz CT molecular complexity index is 293. The SMILES string of the molecule is CCCC(C)C(NCC)c1ccc(CC)o1. The van der Waals surface area contributed by atoms with Crippen LogP contribution in [0.4, 0.5) is 0 Å². The summed E-state index contributed by atoms with van der Waals surface area (Å²) in [6.07, 6.45) is 3.44. The molecule has 0 aliphatic carbocycles. The third-order valence-corrected chi connectivity index (χ3v) is 3.07. The van der Waals surface area contributed by atoms with Crippen molar-refractivity contribution in [3.05, 3.63) is 23.7 Å². The van der Waals surface area contributed by atoms with E-state index >= 15 is 0 Å². The van der Waals surface area contributed by atoms with E-state index in [0.29, 0.717) is 12.0 Å². The van der Waals surface area contributed by atoms with Crippen molar-refractivity contribution in [2.45, 2.75) is 53.0 Å². The van der Waals surface area contributed by atoms with Gasteiger partial charge in [-0.3, -0.25) is 0 Å². The van der Waals surface area contributed by atoms with Crippen LogP contribution in [-0.2, 0) is 6.42 Å². The fourth-order valence-corrected chi connectivity index (χ4v) is 2.18. The van der Waals surface area contributed by atoms with Crippen molar-refractivity contribution in [1.29, 1.82) is 0 Å². The van der Waals surface area contributed by atoms with E-state index < -0.39 is 0 Å². The summed E-state index contributed by atoms with van der Waals surface area (Å²) in [6, 6.07) is 4.58. The van der Waals surface area contributed by atoms with Crippen LogP contribution in [0.3, 0.4) is 0 Å². The minimum absolute atomic E-state index is 0.366. The third-order valence-electron chi connectivity index (χ3n) is 3.07. The number of hydrogen-bond acceptors (Lipinski definition) is 2. The minimum Gasteiger partial charge on any atom is -0.464 e. The topological polar surface area (TPSA) is 25.2 Å². The standard InChI is InChI=1S/C14H25NO/c1-5-8-11(4)14(15-7-3)13-10-9-12(6-2)16-13/h9-11,14-15H,5-8H2,1-4H3. The molecule has 1 rings (SSSR count). The van der Waals surface area contributed by atoms with Crippen LogP contribution in [0.5, 0.6) is 0 Å². The molecule has 0 fully saturated rings. The Hall–Kier alpha value is -0.760. The molecule has 2 heteroatoms. The summed E-state index contributed by atoms with van der Waals surface area (Å²) in [5, 5.41) is 3.53. The highest BCUT2D eigenvalue weighted by Crippen LogP contribution is 2.27. The lowest BCUT2D eigenvalue weighted by Gasteiger charge is -2.22. The van der Waals surface area contributed by atoms with Crippen LogP contribution in [0.15, 0.2) is 16.5 Å². The van der Waals surface area contributed by atoms with Gasteiger partial charge in [0.25, 0.3) is 0 Å². The monoisotopic (exact) mass is 223 g/mol. The molecule has 16 heavy (non-hydrogen) atoms. The molecule has 0 saturated carbocycles. The van der Waals surface area contributed by atoms with Gasteiger partial charge in [0.15, 0.2) is 0 Å². The Morgan fingerprint density at radius 2 is 2.00 bits per heavy atom. The molecule has 0 radical (unpaired) electrons. The van der Waals surface area contributed by atoms with Gasteiger partial charge in [-0.2, -0.15) is 0 Å². The summed E-state index contributed by atoms with van der Waals surface area (Å²) in [5.41, 5.74) is 0. The summed E-state index contributed by atoms with van der Waals surface area (Å²) >= 11 is 0. The fourth-order valence-electron chi connectivity index (χ4n) is 2.18. The zero-order valence-corrected chi connectivity index (χ0v) is 11.0. The van der Waals surface area contributed by atoms with Crippen LogP contribution >= 0.6 is 0 Å². The molecule has 0 aliphatic rings. The molecule has 1 N–H and O–H groups in total. The van der Waals surface area contributed by atoms with E-state index in [2.05, 4.69) is 45.1 Å². The van der Waals surface area contributed by atoms with Crippen LogP contribution in [0.2, 0.25) is 0 Å². The number of aryl methyl sites for hydroxylation is 1. The zero-order chi connectivity index (χ0) is 12.0. The van der Waals surface area contributed by atoms with Gasteiger partial charge < -0.3 is 9.73 Å². The highest BCUT2D eigenvalue weighted by molar-refractivity contribution is 5.11. The van der Waals surface area contributed by atoms with Gasteiger partial charge in [-0.25, -0.2) is 0 Å². The molecular formula is C14H25NO. The highest BCUT2D eigenvalue weighted by atomic mass is 16.3. The molecule has 2 nitrogen and oxygen atoms in total. The van der Waals surface area contributed by atoms with Crippen LogP contribution in [0.1, 0.15) is 58.1 Å². The van der Waals surface area contributed by atoms with E-state index in [1.54, 1.807) is 0 Å². The summed E-state index contributed by atoms with van der Waals surface area (Å²) in [5.74, 6) is 2.81. The first-order valence-electron chi connectivity index (χ1n) is 6.54. The Kier molecular flexibility index (Phi) is 5.61. The quantitative estimate of drug-likeness (QED) is 0.757. The molecule has 0 aliphatic heterocycles. The Labute approximate surface area is 99.4 Å². The second-order valence-corrected chi connectivity index (χ2v) is 4.46. The van der Waals surface area contributed by atoms with E-state index in [0.717, 1.165) is 24.5 Å². The summed E-state index contributed by atoms with van der Waals surface area (Å²) in [7, 11) is 0. The molecule has 2 unspecified atom stereocenters. The Balaban J connectivity index is 2.75. The predicted molar refractivity (Wildman–Crippen MR) is 68.6 cm³/mol. The first kappa shape index (κ1) is 13.3. The average Bonchev–Trinajstić information content (AvgIpc) is 2.74. The average molecular weight is 223 g/mol. The van der Waals surface area contributed by atoms with E-state index in [4.69, 9.17) is 4.42 Å². The Morgan fingerprint density at radius 1 is 1.25 bits per heavy atom. The van der Waals surface area contributed by atoms with Crippen LogP contribution < -0.4 is 5.32 Å². The predicted octanol–water partition coefficient (Wildman–Crippen LogP) is 3.93. The van der Waals surface area contributed by atoms with Gasteiger partial charge in [-0.1, -0.05) is 34.1 Å². The lowest BCUT2D eigenvalue weighted by Crippen LogP contribution is -2.26. The first-order chi connectivity index (χ1) is 7.72. The van der Waals surface area contributed by atoms with E-state index in [9.17, 15) is 0 Å². The molecular weight excluding hydrogens is 198 g/mol. The third kappa shape index (κ3) is 3.38. The molecule has 2 atom stereocenters. The maximum absolute atomic E-state index is 5.85. The molecule has 0 spiro atoms. The summed E-state index contributed by atoms with van der Waals surface area (Å²) in [4.78, 5) is 0. The second-order valence-electron chi connectivity index (χ2n) is 4.46. The molecule has 92 valence electrons. The van der Waals surface area contributed by atoms with E-state index in [1.165, 1.54) is 12.8 Å². The molecule has 0 saturated heterocycles. The zero-order valence-electron chi connectivity index (χ0n) is 11.0. The van der Waals surface area contributed by atoms with Gasteiger partial charge in [0.05, 0.1) is 6.04 Å². The van der Waals surface area contributed by atoms with Crippen molar-refractivity contribution in [3.63, 3.8) is 0 Å². The number of rotatable bonds is 7. The van der Waals surface area contributed by atoms with Gasteiger partial charge in [0.2, 0.25) is 0 Å². The highest BCUT2D eigenvalue weighted by Gasteiger charge is 2.20. The molecule has 1 heterocycles. The van der Waals surface area contributed by atoms with Crippen molar-refractivity contribution in [2.75, 3.05) is 6.54 Å². The van der Waals surface area contributed by atoms with Gasteiger partial charge in [-0.05, 0) is 31.0 Å². The maximum Gasteiger partial charge on any atom is 0.121 e. The van der Waals surface area contributed by atoms with Crippen LogP contribution in [0.25, 0.3) is 0 Å². The minimum atomic E-state index is 0.366. The van der Waals surface area contributed by atoms with E-state index in [-0.39, 0.29) is 0 Å². The number of furan rings is 1. The maximum atomic E-state index is 5.85. The van der Waals surface area contributed by atoms with E-state index in [1.807, 2.05) is 0 Å². The molecule has 0 aromatic carbocycles. The normalized spacial score (nSPS) is 15.0. The molecule has 1 aromatic rings. The molecule has 0 bridgehead atoms. The lowest BCUT2D eigenvalue weighted by atomic mass is 9.95. The van der Waals surface area contributed by atoms with Crippen molar-refractivity contribution in [2.24, 2.45) is 5.92 Å².